The summed E-state index contributed by atoms with van der Waals surface area (Å²) in [4.78, 5) is 13.9. The molecule has 0 spiro atoms. The molecule has 116 valence electrons. The minimum absolute atomic E-state index is 0.0260. The predicted octanol–water partition coefficient (Wildman–Crippen LogP) is 0.632. The number of sulfone groups is 1. The molecule has 0 saturated carbocycles. The van der Waals surface area contributed by atoms with Gasteiger partial charge in [-0.15, -0.1) is 0 Å². The first-order valence-electron chi connectivity index (χ1n) is 7.30. The highest BCUT2D eigenvalue weighted by atomic mass is 32.2. The molecule has 0 aromatic rings. The second kappa shape index (κ2) is 6.76. The Kier molecular flexibility index (Phi) is 5.26. The molecule has 0 aromatic carbocycles. The second-order valence-electron chi connectivity index (χ2n) is 5.72. The molecule has 2 saturated heterocycles. The van der Waals surface area contributed by atoms with E-state index in [9.17, 15) is 13.2 Å². The molecule has 6 nitrogen and oxygen atoms in total. The average molecular weight is 304 g/mol. The van der Waals surface area contributed by atoms with Crippen molar-refractivity contribution in [3.8, 4) is 0 Å². The highest BCUT2D eigenvalue weighted by Crippen LogP contribution is 2.15. The summed E-state index contributed by atoms with van der Waals surface area (Å²) in [5.41, 5.74) is 0. The largest absolute Gasteiger partial charge is 0.381 e. The van der Waals surface area contributed by atoms with E-state index in [1.54, 1.807) is 4.90 Å². The molecule has 0 aliphatic carbocycles. The lowest BCUT2D eigenvalue weighted by Gasteiger charge is -2.28. The van der Waals surface area contributed by atoms with Crippen molar-refractivity contribution in [1.29, 1.82) is 0 Å². The van der Waals surface area contributed by atoms with Crippen LogP contribution in [0, 0.1) is 5.92 Å². The van der Waals surface area contributed by atoms with Gasteiger partial charge in [0.15, 0.2) is 9.84 Å². The van der Waals surface area contributed by atoms with Crippen molar-refractivity contribution in [3.63, 3.8) is 0 Å². The second-order valence-corrected chi connectivity index (χ2v) is 8.03. The molecule has 2 amide bonds. The highest BCUT2D eigenvalue weighted by molar-refractivity contribution is 7.91. The zero-order valence-corrected chi connectivity index (χ0v) is 12.8. The van der Waals surface area contributed by atoms with E-state index in [1.807, 2.05) is 6.92 Å². The zero-order valence-electron chi connectivity index (χ0n) is 12.0. The van der Waals surface area contributed by atoms with Crippen LogP contribution >= 0.6 is 0 Å². The van der Waals surface area contributed by atoms with Crippen LogP contribution in [0.15, 0.2) is 0 Å². The Bertz CT molecular complexity index is 432. The Morgan fingerprint density at radius 1 is 1.25 bits per heavy atom. The molecule has 2 rings (SSSR count). The van der Waals surface area contributed by atoms with Crippen LogP contribution in [-0.4, -0.2) is 63.2 Å². The molecule has 0 aromatic heterocycles. The van der Waals surface area contributed by atoms with Crippen LogP contribution in [0.5, 0.6) is 0 Å². The van der Waals surface area contributed by atoms with Crippen molar-refractivity contribution in [2.75, 3.05) is 37.8 Å². The van der Waals surface area contributed by atoms with Gasteiger partial charge in [-0.3, -0.25) is 0 Å². The lowest BCUT2D eigenvalue weighted by Crippen LogP contribution is -2.47. The Balaban J connectivity index is 1.84. The zero-order chi connectivity index (χ0) is 14.6. The topological polar surface area (TPSA) is 75.7 Å². The molecule has 0 bridgehead atoms. The standard InChI is InChI=1S/C13H24N2O4S/c1-11-4-8-20(17,18)9-5-15(11)13(16)14-10-12-2-6-19-7-3-12/h11-12H,2-10H2,1H3,(H,14,16). The molecule has 1 N–H and O–H groups in total. The molecule has 2 aliphatic heterocycles. The number of hydrogen-bond acceptors (Lipinski definition) is 4. The predicted molar refractivity (Wildman–Crippen MR) is 76.4 cm³/mol. The number of hydrogen-bond donors (Lipinski definition) is 1. The number of amides is 2. The Morgan fingerprint density at radius 3 is 2.65 bits per heavy atom. The molecular formula is C13H24N2O4S. The van der Waals surface area contributed by atoms with Crippen LogP contribution < -0.4 is 5.32 Å². The molecule has 20 heavy (non-hydrogen) atoms. The monoisotopic (exact) mass is 304 g/mol. The Labute approximate surface area is 120 Å². The van der Waals surface area contributed by atoms with Gasteiger partial charge in [-0.05, 0) is 32.1 Å². The Morgan fingerprint density at radius 2 is 1.95 bits per heavy atom. The molecule has 2 fully saturated rings. The van der Waals surface area contributed by atoms with Crippen LogP contribution in [0.25, 0.3) is 0 Å². The van der Waals surface area contributed by atoms with E-state index < -0.39 is 9.84 Å². The maximum atomic E-state index is 12.2. The van der Waals surface area contributed by atoms with E-state index >= 15 is 0 Å². The third-order valence-corrected chi connectivity index (χ3v) is 5.83. The maximum absolute atomic E-state index is 12.2. The van der Waals surface area contributed by atoms with E-state index in [-0.39, 0.29) is 23.6 Å². The number of carbonyl (C=O) groups is 1. The fraction of sp³-hybridized carbons (Fsp3) is 0.923. The minimum Gasteiger partial charge on any atom is -0.381 e. The number of nitrogens with zero attached hydrogens (tertiary/aromatic N) is 1. The number of carbonyl (C=O) groups excluding carboxylic acids is 1. The van der Waals surface area contributed by atoms with Gasteiger partial charge in [0.1, 0.15) is 0 Å². The van der Waals surface area contributed by atoms with Gasteiger partial charge in [-0.1, -0.05) is 0 Å². The van der Waals surface area contributed by atoms with Crippen LogP contribution in [-0.2, 0) is 14.6 Å². The number of ether oxygens (including phenoxy) is 1. The van der Waals surface area contributed by atoms with Gasteiger partial charge in [-0.2, -0.15) is 0 Å². The lowest BCUT2D eigenvalue weighted by molar-refractivity contribution is 0.0662. The summed E-state index contributed by atoms with van der Waals surface area (Å²) in [5, 5.41) is 2.94. The summed E-state index contributed by atoms with van der Waals surface area (Å²) >= 11 is 0. The fourth-order valence-corrected chi connectivity index (χ4v) is 4.03. The summed E-state index contributed by atoms with van der Waals surface area (Å²) in [5.74, 6) is 0.721. The Hall–Kier alpha value is -0.820. The first kappa shape index (κ1) is 15.6. The van der Waals surface area contributed by atoms with E-state index in [4.69, 9.17) is 4.74 Å². The van der Waals surface area contributed by atoms with Gasteiger partial charge in [-0.25, -0.2) is 13.2 Å². The van der Waals surface area contributed by atoms with Crippen molar-refractivity contribution in [3.05, 3.63) is 0 Å². The number of nitrogens with one attached hydrogen (secondary N) is 1. The van der Waals surface area contributed by atoms with E-state index in [0.717, 1.165) is 26.1 Å². The summed E-state index contributed by atoms with van der Waals surface area (Å²) in [7, 11) is -2.99. The molecule has 1 atom stereocenters. The van der Waals surface area contributed by atoms with Crippen LogP contribution in [0.3, 0.4) is 0 Å². The van der Waals surface area contributed by atoms with Crippen molar-refractivity contribution in [1.82, 2.24) is 10.2 Å². The molecular weight excluding hydrogens is 280 g/mol. The normalized spacial score (nSPS) is 27.9. The molecule has 2 aliphatic rings. The molecule has 1 unspecified atom stereocenters. The van der Waals surface area contributed by atoms with Gasteiger partial charge in [0.2, 0.25) is 0 Å². The maximum Gasteiger partial charge on any atom is 0.317 e. The van der Waals surface area contributed by atoms with Crippen molar-refractivity contribution in [2.45, 2.75) is 32.2 Å². The van der Waals surface area contributed by atoms with E-state index in [0.29, 0.717) is 25.4 Å². The summed E-state index contributed by atoms with van der Waals surface area (Å²) in [6.07, 6.45) is 2.47. The van der Waals surface area contributed by atoms with Crippen molar-refractivity contribution < 1.29 is 17.9 Å². The highest BCUT2D eigenvalue weighted by Gasteiger charge is 2.28. The molecule has 7 heteroatoms. The van der Waals surface area contributed by atoms with Gasteiger partial charge >= 0.3 is 6.03 Å². The summed E-state index contributed by atoms with van der Waals surface area (Å²) in [6, 6.07) is -0.164. The average Bonchev–Trinajstić information content (AvgIpc) is 2.57. The lowest BCUT2D eigenvalue weighted by atomic mass is 10.0. The first-order valence-corrected chi connectivity index (χ1v) is 9.13. The first-order chi connectivity index (χ1) is 9.48. The summed E-state index contributed by atoms with van der Waals surface area (Å²) in [6.45, 7) is 4.38. The van der Waals surface area contributed by atoms with Gasteiger partial charge in [0.25, 0.3) is 0 Å². The van der Waals surface area contributed by atoms with E-state index in [2.05, 4.69) is 5.32 Å². The van der Waals surface area contributed by atoms with Gasteiger partial charge < -0.3 is 15.0 Å². The quantitative estimate of drug-likeness (QED) is 0.812. The third-order valence-electron chi connectivity index (χ3n) is 4.17. The summed E-state index contributed by atoms with van der Waals surface area (Å²) < 4.78 is 28.5. The van der Waals surface area contributed by atoms with Crippen LogP contribution in [0.1, 0.15) is 26.2 Å². The van der Waals surface area contributed by atoms with Gasteiger partial charge in [0.05, 0.1) is 11.5 Å². The van der Waals surface area contributed by atoms with Gasteiger partial charge in [0, 0.05) is 32.3 Å². The molecule has 0 radical (unpaired) electrons. The van der Waals surface area contributed by atoms with Crippen LogP contribution in [0.2, 0.25) is 0 Å². The van der Waals surface area contributed by atoms with E-state index in [1.165, 1.54) is 0 Å². The van der Waals surface area contributed by atoms with Crippen molar-refractivity contribution in [2.24, 2.45) is 5.92 Å². The number of urea groups is 1. The number of rotatable bonds is 2. The molecule has 2 heterocycles. The fourth-order valence-electron chi connectivity index (χ4n) is 2.65. The van der Waals surface area contributed by atoms with Crippen molar-refractivity contribution >= 4 is 15.9 Å². The smallest absolute Gasteiger partial charge is 0.317 e. The third kappa shape index (κ3) is 4.34. The SMILES string of the molecule is CC1CCS(=O)(=O)CCN1C(=O)NCC1CCOCC1. The minimum atomic E-state index is -2.99. The van der Waals surface area contributed by atoms with Crippen LogP contribution in [0.4, 0.5) is 4.79 Å².